The summed E-state index contributed by atoms with van der Waals surface area (Å²) in [6, 6.07) is 11.3. The third kappa shape index (κ3) is 4.42. The minimum atomic E-state index is -1.16. The van der Waals surface area contributed by atoms with Crippen molar-refractivity contribution < 1.29 is 23.1 Å². The van der Waals surface area contributed by atoms with Crippen molar-refractivity contribution in [1.82, 2.24) is 10.2 Å². The number of anilines is 1. The van der Waals surface area contributed by atoms with E-state index in [2.05, 4.69) is 10.3 Å². The lowest BCUT2D eigenvalue weighted by atomic mass is 9.91. The van der Waals surface area contributed by atoms with Crippen LogP contribution in [0.2, 0.25) is 0 Å². The predicted octanol–water partition coefficient (Wildman–Crippen LogP) is 2.49. The van der Waals surface area contributed by atoms with Crippen molar-refractivity contribution in [3.63, 3.8) is 0 Å². The van der Waals surface area contributed by atoms with Crippen LogP contribution in [0.4, 0.5) is 14.5 Å². The number of piperazine rings is 1. The van der Waals surface area contributed by atoms with Crippen LogP contribution in [-0.2, 0) is 14.3 Å². The zero-order chi connectivity index (χ0) is 22.7. The van der Waals surface area contributed by atoms with E-state index in [-0.39, 0.29) is 12.4 Å². The normalized spacial score (nSPS) is 21.1. The van der Waals surface area contributed by atoms with Crippen LogP contribution < -0.4 is 10.2 Å². The molecule has 4 rings (SSSR count). The zero-order valence-corrected chi connectivity index (χ0v) is 17.6. The number of carbonyl (C=O) groups is 2. The van der Waals surface area contributed by atoms with E-state index in [4.69, 9.17) is 4.74 Å². The summed E-state index contributed by atoms with van der Waals surface area (Å²) in [5, 5.41) is 2.72. The van der Waals surface area contributed by atoms with Crippen LogP contribution in [0.3, 0.4) is 0 Å². The highest BCUT2D eigenvalue weighted by molar-refractivity contribution is 6.08. The average Bonchev–Trinajstić information content (AvgIpc) is 2.79. The summed E-state index contributed by atoms with van der Waals surface area (Å²) < 4.78 is 32.6. The van der Waals surface area contributed by atoms with E-state index in [9.17, 15) is 18.4 Å². The van der Waals surface area contributed by atoms with Crippen LogP contribution in [0.5, 0.6) is 0 Å². The number of halogens is 2. The highest BCUT2D eigenvalue weighted by Crippen LogP contribution is 2.31. The molecule has 0 radical (unpaired) electrons. The van der Waals surface area contributed by atoms with Gasteiger partial charge >= 0.3 is 5.97 Å². The topological polar surface area (TPSA) is 74.2 Å². The molecule has 1 N–H and O–H groups in total. The molecule has 0 bridgehead atoms. The van der Waals surface area contributed by atoms with Crippen molar-refractivity contribution in [1.29, 1.82) is 0 Å². The SMILES string of the molecule is CCOC(=O)C1C(=O)NC(N2CCN(c3ccccc3F)CC2)=NC1c1ccc(F)cc1. The van der Waals surface area contributed by atoms with Gasteiger partial charge in [0.25, 0.3) is 0 Å². The maximum absolute atomic E-state index is 14.1. The number of nitrogens with zero attached hydrogens (tertiary/aromatic N) is 3. The molecule has 2 unspecified atom stereocenters. The van der Waals surface area contributed by atoms with Gasteiger partial charge in [-0.2, -0.15) is 0 Å². The lowest BCUT2D eigenvalue weighted by Gasteiger charge is -2.39. The summed E-state index contributed by atoms with van der Waals surface area (Å²) in [7, 11) is 0. The van der Waals surface area contributed by atoms with Crippen LogP contribution in [0.25, 0.3) is 0 Å². The molecule has 1 saturated heterocycles. The molecule has 0 spiro atoms. The molecule has 2 atom stereocenters. The number of guanidine groups is 1. The highest BCUT2D eigenvalue weighted by Gasteiger charge is 2.42. The Labute approximate surface area is 184 Å². The largest absolute Gasteiger partial charge is 0.465 e. The number of ether oxygens (including phenoxy) is 1. The Morgan fingerprint density at radius 3 is 2.38 bits per heavy atom. The summed E-state index contributed by atoms with van der Waals surface area (Å²) in [5.41, 5.74) is 1.08. The fraction of sp³-hybridized carbons (Fsp3) is 0.348. The number of hydrogen-bond acceptors (Lipinski definition) is 6. The van der Waals surface area contributed by atoms with Crippen molar-refractivity contribution in [2.45, 2.75) is 13.0 Å². The van der Waals surface area contributed by atoms with Gasteiger partial charge in [-0.15, -0.1) is 0 Å². The van der Waals surface area contributed by atoms with E-state index in [1.807, 2.05) is 9.80 Å². The molecular formula is C23H24F2N4O3. The van der Waals surface area contributed by atoms with Crippen molar-refractivity contribution in [3.8, 4) is 0 Å². The molecule has 0 aliphatic carbocycles. The van der Waals surface area contributed by atoms with Crippen molar-refractivity contribution in [2.24, 2.45) is 10.9 Å². The third-order valence-corrected chi connectivity index (χ3v) is 5.62. The number of para-hydroxylation sites is 1. The Balaban J connectivity index is 1.56. The number of esters is 1. The molecule has 2 heterocycles. The Hall–Kier alpha value is -3.49. The van der Waals surface area contributed by atoms with Crippen molar-refractivity contribution in [2.75, 3.05) is 37.7 Å². The van der Waals surface area contributed by atoms with Gasteiger partial charge in [0, 0.05) is 26.2 Å². The molecule has 1 amide bonds. The fourth-order valence-corrected chi connectivity index (χ4v) is 3.99. The summed E-state index contributed by atoms with van der Waals surface area (Å²) in [6.45, 7) is 3.89. The molecule has 7 nitrogen and oxygen atoms in total. The van der Waals surface area contributed by atoms with Gasteiger partial charge in [-0.1, -0.05) is 24.3 Å². The first-order valence-corrected chi connectivity index (χ1v) is 10.5. The molecule has 168 valence electrons. The van der Waals surface area contributed by atoms with Gasteiger partial charge in [0.15, 0.2) is 5.92 Å². The standard InChI is InChI=1S/C23H24F2N4O3/c1-2-32-22(31)19-20(15-7-9-16(24)10-8-15)26-23(27-21(19)30)29-13-11-28(12-14-29)18-6-4-3-5-17(18)25/h3-10,19-20H,2,11-14H2,1H3,(H,26,27,30). The number of nitrogens with one attached hydrogen (secondary N) is 1. The van der Waals surface area contributed by atoms with Gasteiger partial charge < -0.3 is 14.5 Å². The highest BCUT2D eigenvalue weighted by atomic mass is 19.1. The van der Waals surface area contributed by atoms with Crippen LogP contribution in [-0.4, -0.2) is 55.5 Å². The lowest BCUT2D eigenvalue weighted by molar-refractivity contribution is -0.153. The molecule has 9 heteroatoms. The molecule has 2 aliphatic rings. The quantitative estimate of drug-likeness (QED) is 0.582. The third-order valence-electron chi connectivity index (χ3n) is 5.62. The minimum absolute atomic E-state index is 0.132. The van der Waals surface area contributed by atoms with Crippen molar-refractivity contribution >= 4 is 23.5 Å². The number of rotatable bonds is 4. The van der Waals surface area contributed by atoms with E-state index in [1.165, 1.54) is 30.3 Å². The van der Waals surface area contributed by atoms with Gasteiger partial charge in [0.2, 0.25) is 11.9 Å². The first kappa shape index (κ1) is 21.7. The zero-order valence-electron chi connectivity index (χ0n) is 17.6. The summed E-state index contributed by atoms with van der Waals surface area (Å²) in [4.78, 5) is 33.9. The maximum Gasteiger partial charge on any atom is 0.321 e. The lowest BCUT2D eigenvalue weighted by Crippen LogP contribution is -2.57. The second-order valence-corrected chi connectivity index (χ2v) is 7.59. The molecule has 1 fully saturated rings. The molecule has 2 aliphatic heterocycles. The molecule has 2 aromatic carbocycles. The Kier molecular flexibility index (Phi) is 6.34. The number of carbonyl (C=O) groups excluding carboxylic acids is 2. The number of aliphatic imine (C=N–C) groups is 1. The molecule has 0 aromatic heterocycles. The second-order valence-electron chi connectivity index (χ2n) is 7.59. The fourth-order valence-electron chi connectivity index (χ4n) is 3.99. The molecule has 0 saturated carbocycles. The number of benzene rings is 2. The van der Waals surface area contributed by atoms with E-state index in [1.54, 1.807) is 25.1 Å². The Morgan fingerprint density at radius 2 is 1.72 bits per heavy atom. The van der Waals surface area contributed by atoms with Crippen LogP contribution in [0, 0.1) is 17.6 Å². The van der Waals surface area contributed by atoms with Gasteiger partial charge in [0.05, 0.1) is 12.3 Å². The summed E-state index contributed by atoms with van der Waals surface area (Å²) >= 11 is 0. The first-order chi connectivity index (χ1) is 15.5. The van der Waals surface area contributed by atoms with Gasteiger partial charge in [-0.25, -0.2) is 13.8 Å². The van der Waals surface area contributed by atoms with Gasteiger partial charge in [-0.3, -0.25) is 14.9 Å². The van der Waals surface area contributed by atoms with E-state index in [0.29, 0.717) is 43.4 Å². The van der Waals surface area contributed by atoms with E-state index >= 15 is 0 Å². The van der Waals surface area contributed by atoms with E-state index in [0.717, 1.165) is 0 Å². The smallest absolute Gasteiger partial charge is 0.321 e. The maximum atomic E-state index is 14.1. The van der Waals surface area contributed by atoms with Crippen LogP contribution >= 0.6 is 0 Å². The van der Waals surface area contributed by atoms with Gasteiger partial charge in [-0.05, 0) is 36.8 Å². The first-order valence-electron chi connectivity index (χ1n) is 10.5. The molecule has 32 heavy (non-hydrogen) atoms. The molecule has 2 aromatic rings. The van der Waals surface area contributed by atoms with Gasteiger partial charge in [0.1, 0.15) is 17.7 Å². The average molecular weight is 442 g/mol. The second kappa shape index (κ2) is 9.33. The Morgan fingerprint density at radius 1 is 1.06 bits per heavy atom. The van der Waals surface area contributed by atoms with Crippen LogP contribution in [0.15, 0.2) is 53.5 Å². The number of hydrogen-bond donors (Lipinski definition) is 1. The summed E-state index contributed by atoms with van der Waals surface area (Å²) in [5.74, 6) is -2.71. The molecular weight excluding hydrogens is 418 g/mol. The minimum Gasteiger partial charge on any atom is -0.465 e. The van der Waals surface area contributed by atoms with Crippen molar-refractivity contribution in [3.05, 3.63) is 65.7 Å². The number of amides is 1. The van der Waals surface area contributed by atoms with Crippen LogP contribution in [0.1, 0.15) is 18.5 Å². The monoisotopic (exact) mass is 442 g/mol. The predicted molar refractivity (Wildman–Crippen MR) is 115 cm³/mol. The Bertz CT molecular complexity index is 1020. The van der Waals surface area contributed by atoms with E-state index < -0.39 is 29.7 Å². The summed E-state index contributed by atoms with van der Waals surface area (Å²) in [6.07, 6.45) is 0.